The smallest absolute Gasteiger partial charge is 0.343 e. The van der Waals surface area contributed by atoms with Crippen LogP contribution in [0.25, 0.3) is 11.0 Å². The zero-order chi connectivity index (χ0) is 20.4. The van der Waals surface area contributed by atoms with Crippen LogP contribution in [0, 0.1) is 20.8 Å². The van der Waals surface area contributed by atoms with Crippen molar-refractivity contribution in [2.45, 2.75) is 27.3 Å². The molecule has 1 aromatic carbocycles. The lowest BCUT2D eigenvalue weighted by Crippen LogP contribution is -2.25. The van der Waals surface area contributed by atoms with Gasteiger partial charge in [-0.1, -0.05) is 12.1 Å². The Hall–Kier alpha value is -3.48. The molecule has 0 unspecified atom stereocenters. The number of pyridine rings is 2. The van der Waals surface area contributed by atoms with Gasteiger partial charge in [0.1, 0.15) is 17.8 Å². The van der Waals surface area contributed by atoms with Gasteiger partial charge >= 0.3 is 5.97 Å². The van der Waals surface area contributed by atoms with E-state index in [4.69, 9.17) is 4.74 Å². The molecule has 0 aliphatic rings. The molecule has 0 saturated heterocycles. The van der Waals surface area contributed by atoms with Crippen molar-refractivity contribution in [2.24, 2.45) is 0 Å². The van der Waals surface area contributed by atoms with Crippen molar-refractivity contribution in [2.75, 3.05) is 12.4 Å². The summed E-state index contributed by atoms with van der Waals surface area (Å²) in [6.45, 7) is 5.58. The molecule has 28 heavy (non-hydrogen) atoms. The molecule has 144 valence electrons. The zero-order valence-electron chi connectivity index (χ0n) is 16.2. The van der Waals surface area contributed by atoms with Crippen LogP contribution in [0.4, 0.5) is 5.69 Å². The summed E-state index contributed by atoms with van der Waals surface area (Å²) >= 11 is 0. The van der Waals surface area contributed by atoms with Crippen LogP contribution in [0.15, 0.2) is 41.3 Å². The number of fused-ring (bicyclic) bond motifs is 1. The summed E-state index contributed by atoms with van der Waals surface area (Å²) in [5, 5.41) is 3.13. The van der Waals surface area contributed by atoms with E-state index in [1.807, 2.05) is 32.0 Å². The first-order valence-corrected chi connectivity index (χ1v) is 8.77. The fraction of sp³-hybridized carbons (Fsp3) is 0.238. The third-order valence-electron chi connectivity index (χ3n) is 4.66. The Morgan fingerprint density at radius 3 is 2.61 bits per heavy atom. The predicted molar refractivity (Wildman–Crippen MR) is 107 cm³/mol. The van der Waals surface area contributed by atoms with Crippen molar-refractivity contribution in [1.82, 2.24) is 9.55 Å². The van der Waals surface area contributed by atoms with Crippen molar-refractivity contribution >= 4 is 28.6 Å². The summed E-state index contributed by atoms with van der Waals surface area (Å²) < 4.78 is 6.20. The number of nitrogens with one attached hydrogen (secondary N) is 1. The average Bonchev–Trinajstić information content (AvgIpc) is 2.67. The number of nitrogens with zero attached hydrogens (tertiary/aromatic N) is 2. The number of hydrogen-bond acceptors (Lipinski definition) is 5. The molecular weight excluding hydrogens is 358 g/mol. The largest absolute Gasteiger partial charge is 0.465 e. The number of carbonyl (C=O) groups is 2. The molecule has 3 rings (SSSR count). The number of esters is 1. The van der Waals surface area contributed by atoms with Gasteiger partial charge in [0, 0.05) is 17.6 Å². The van der Waals surface area contributed by atoms with Gasteiger partial charge in [0.05, 0.1) is 12.5 Å². The lowest BCUT2D eigenvalue weighted by molar-refractivity contribution is -0.116. The van der Waals surface area contributed by atoms with Crippen molar-refractivity contribution in [3.63, 3.8) is 0 Å². The molecule has 7 nitrogen and oxygen atoms in total. The van der Waals surface area contributed by atoms with E-state index in [-0.39, 0.29) is 23.4 Å². The number of aromatic nitrogens is 2. The molecule has 0 fully saturated rings. The highest BCUT2D eigenvalue weighted by molar-refractivity contribution is 5.95. The van der Waals surface area contributed by atoms with Crippen molar-refractivity contribution in [3.05, 3.63) is 69.1 Å². The first-order chi connectivity index (χ1) is 13.3. The van der Waals surface area contributed by atoms with Gasteiger partial charge in [0.25, 0.3) is 0 Å². The SMILES string of the molecule is COC(=O)c1cn(CC(=O)Nc2cccc(C)c2C)c2nc(C)ccc2c1=O. The Morgan fingerprint density at radius 2 is 1.89 bits per heavy atom. The van der Waals surface area contributed by atoms with Crippen molar-refractivity contribution < 1.29 is 14.3 Å². The predicted octanol–water partition coefficient (Wildman–Crippen LogP) is 2.75. The zero-order valence-corrected chi connectivity index (χ0v) is 16.2. The lowest BCUT2D eigenvalue weighted by Gasteiger charge is -2.14. The number of rotatable bonds is 4. The maximum Gasteiger partial charge on any atom is 0.343 e. The quantitative estimate of drug-likeness (QED) is 0.704. The van der Waals surface area contributed by atoms with E-state index in [1.54, 1.807) is 19.1 Å². The summed E-state index contributed by atoms with van der Waals surface area (Å²) in [5.41, 5.74) is 3.19. The fourth-order valence-corrected chi connectivity index (χ4v) is 2.97. The second kappa shape index (κ2) is 7.64. The Balaban J connectivity index is 2.04. The number of hydrogen-bond donors (Lipinski definition) is 1. The monoisotopic (exact) mass is 379 g/mol. The maximum absolute atomic E-state index is 12.7. The van der Waals surface area contributed by atoms with E-state index in [1.165, 1.54) is 17.9 Å². The van der Waals surface area contributed by atoms with Gasteiger partial charge < -0.3 is 14.6 Å². The third kappa shape index (κ3) is 3.64. The molecule has 0 aliphatic carbocycles. The first-order valence-electron chi connectivity index (χ1n) is 8.77. The van der Waals surface area contributed by atoms with Crippen LogP contribution in [0.1, 0.15) is 27.2 Å². The number of amides is 1. The van der Waals surface area contributed by atoms with Gasteiger partial charge in [-0.2, -0.15) is 0 Å². The van der Waals surface area contributed by atoms with E-state index < -0.39 is 11.4 Å². The number of aryl methyl sites for hydroxylation is 2. The molecule has 1 amide bonds. The highest BCUT2D eigenvalue weighted by Crippen LogP contribution is 2.18. The molecular formula is C21H21N3O4. The molecule has 0 radical (unpaired) electrons. The summed E-state index contributed by atoms with van der Waals surface area (Å²) in [5.74, 6) is -1.05. The average molecular weight is 379 g/mol. The van der Waals surface area contributed by atoms with E-state index in [2.05, 4.69) is 10.3 Å². The number of ether oxygens (including phenoxy) is 1. The minimum atomic E-state index is -0.754. The Kier molecular flexibility index (Phi) is 5.26. The van der Waals surface area contributed by atoms with E-state index >= 15 is 0 Å². The fourth-order valence-electron chi connectivity index (χ4n) is 2.97. The lowest BCUT2D eigenvalue weighted by atomic mass is 10.1. The maximum atomic E-state index is 12.7. The molecule has 0 saturated carbocycles. The van der Waals surface area contributed by atoms with E-state index in [0.29, 0.717) is 17.0 Å². The van der Waals surface area contributed by atoms with Gasteiger partial charge in [0.2, 0.25) is 11.3 Å². The summed E-state index contributed by atoms with van der Waals surface area (Å²) in [6.07, 6.45) is 1.33. The minimum Gasteiger partial charge on any atom is -0.465 e. The topological polar surface area (TPSA) is 90.3 Å². The van der Waals surface area contributed by atoms with Gasteiger partial charge in [-0.05, 0) is 50.1 Å². The van der Waals surface area contributed by atoms with Crippen LogP contribution in [0.3, 0.4) is 0 Å². The summed E-state index contributed by atoms with van der Waals surface area (Å²) in [4.78, 5) is 41.6. The molecule has 2 heterocycles. The third-order valence-corrected chi connectivity index (χ3v) is 4.66. The highest BCUT2D eigenvalue weighted by Gasteiger charge is 2.18. The van der Waals surface area contributed by atoms with E-state index in [0.717, 1.165) is 11.1 Å². The first kappa shape index (κ1) is 19.3. The van der Waals surface area contributed by atoms with Gasteiger partial charge in [-0.25, -0.2) is 9.78 Å². The number of benzene rings is 1. The van der Waals surface area contributed by atoms with E-state index in [9.17, 15) is 14.4 Å². The van der Waals surface area contributed by atoms with Crippen molar-refractivity contribution in [1.29, 1.82) is 0 Å². The Morgan fingerprint density at radius 1 is 1.14 bits per heavy atom. The molecule has 0 bridgehead atoms. The molecule has 1 N–H and O–H groups in total. The Labute approximate surface area is 162 Å². The summed E-state index contributed by atoms with van der Waals surface area (Å²) in [6, 6.07) is 8.95. The second-order valence-electron chi connectivity index (χ2n) is 6.61. The molecule has 0 aliphatic heterocycles. The van der Waals surface area contributed by atoms with Crippen LogP contribution < -0.4 is 10.7 Å². The van der Waals surface area contributed by atoms with Gasteiger partial charge in [0.15, 0.2) is 0 Å². The molecule has 2 aromatic heterocycles. The molecule has 3 aromatic rings. The highest BCUT2D eigenvalue weighted by atomic mass is 16.5. The van der Waals surface area contributed by atoms with Crippen LogP contribution in [0.5, 0.6) is 0 Å². The molecule has 0 spiro atoms. The molecule has 7 heteroatoms. The Bertz CT molecular complexity index is 1150. The normalized spacial score (nSPS) is 10.7. The van der Waals surface area contributed by atoms with Crippen LogP contribution in [0.2, 0.25) is 0 Å². The van der Waals surface area contributed by atoms with Crippen LogP contribution in [-0.2, 0) is 16.1 Å². The number of anilines is 1. The van der Waals surface area contributed by atoms with Crippen molar-refractivity contribution in [3.8, 4) is 0 Å². The van der Waals surface area contributed by atoms with Gasteiger partial charge in [-0.3, -0.25) is 9.59 Å². The summed E-state index contributed by atoms with van der Waals surface area (Å²) in [7, 11) is 1.21. The standard InChI is InChI=1S/C21H21N3O4/c1-12-6-5-7-17(14(12)3)23-18(25)11-24-10-16(21(27)28-4)19(26)15-9-8-13(2)22-20(15)24/h5-10H,11H2,1-4H3,(H,23,25). The van der Waals surface area contributed by atoms with Gasteiger partial charge in [-0.15, -0.1) is 0 Å². The number of carbonyl (C=O) groups excluding carboxylic acids is 2. The van der Waals surface area contributed by atoms with Crippen LogP contribution >= 0.6 is 0 Å². The molecule has 0 atom stereocenters. The minimum absolute atomic E-state index is 0.107. The van der Waals surface area contributed by atoms with Crippen LogP contribution in [-0.4, -0.2) is 28.5 Å². The number of methoxy groups -OCH3 is 1. The second-order valence-corrected chi connectivity index (χ2v) is 6.61.